The quantitative estimate of drug-likeness (QED) is 0.179. The molecule has 3 heterocycles. The maximum Gasteiger partial charge on any atom is 0.145 e. The van der Waals surface area contributed by atoms with Crippen molar-refractivity contribution in [2.24, 2.45) is 5.92 Å². The Morgan fingerprint density at radius 2 is 1.93 bits per heavy atom. The van der Waals surface area contributed by atoms with E-state index in [1.54, 1.807) is 12.4 Å². The van der Waals surface area contributed by atoms with E-state index in [1.165, 1.54) is 0 Å². The highest BCUT2D eigenvalue weighted by Gasteiger charge is 2.43. The van der Waals surface area contributed by atoms with Crippen molar-refractivity contribution in [3.05, 3.63) is 46.6 Å². The van der Waals surface area contributed by atoms with E-state index >= 15 is 0 Å². The molecule has 0 saturated heterocycles. The van der Waals surface area contributed by atoms with Gasteiger partial charge in [0.15, 0.2) is 0 Å². The van der Waals surface area contributed by atoms with Gasteiger partial charge < -0.3 is 30.0 Å². The molecule has 2 aliphatic rings. The Morgan fingerprint density at radius 3 is 2.70 bits per heavy atom. The van der Waals surface area contributed by atoms with Crippen LogP contribution in [0.15, 0.2) is 30.7 Å². The van der Waals surface area contributed by atoms with Gasteiger partial charge in [-0.15, -0.1) is 0 Å². The predicted octanol–water partition coefficient (Wildman–Crippen LogP) is 5.20. The summed E-state index contributed by atoms with van der Waals surface area (Å²) in [6.45, 7) is 6.02. The topological polar surface area (TPSA) is 115 Å². The lowest BCUT2D eigenvalue weighted by Crippen LogP contribution is -2.40. The zero-order valence-corrected chi connectivity index (χ0v) is 24.4. The molecule has 2 fully saturated rings. The molecule has 0 amide bonds. The van der Waals surface area contributed by atoms with Crippen LogP contribution in [0.25, 0.3) is 22.1 Å². The van der Waals surface area contributed by atoms with Crippen LogP contribution in [0, 0.1) is 5.92 Å². The molecule has 1 aromatic carbocycles. The molecule has 40 heavy (non-hydrogen) atoms. The average molecular weight is 587 g/mol. The fourth-order valence-electron chi connectivity index (χ4n) is 5.98. The first kappa shape index (κ1) is 27.7. The summed E-state index contributed by atoms with van der Waals surface area (Å²) in [5.74, 6) is 1.74. The van der Waals surface area contributed by atoms with Crippen LogP contribution in [-0.4, -0.2) is 77.0 Å². The molecular weight excluding hydrogens is 549 g/mol. The highest BCUT2D eigenvalue weighted by atomic mass is 35.5. The van der Waals surface area contributed by atoms with Crippen LogP contribution in [0.3, 0.4) is 0 Å². The molecule has 6 rings (SSSR count). The molecule has 4 N–H and O–H groups in total. The molecule has 2 aliphatic carbocycles. The van der Waals surface area contributed by atoms with Gasteiger partial charge in [0.2, 0.25) is 0 Å². The summed E-state index contributed by atoms with van der Waals surface area (Å²) in [5.41, 5.74) is 2.52. The van der Waals surface area contributed by atoms with Gasteiger partial charge >= 0.3 is 0 Å². The van der Waals surface area contributed by atoms with Crippen molar-refractivity contribution in [3.8, 4) is 0 Å². The third kappa shape index (κ3) is 5.67. The number of aromatic nitrogens is 5. The number of halogens is 2. The van der Waals surface area contributed by atoms with E-state index < -0.39 is 12.2 Å². The van der Waals surface area contributed by atoms with E-state index in [9.17, 15) is 10.2 Å². The number of hydrogen-bond acceptors (Lipinski definition) is 7. The predicted molar refractivity (Wildman–Crippen MR) is 159 cm³/mol. The molecule has 4 aromatic rings. The normalized spacial score (nSPS) is 23.3. The van der Waals surface area contributed by atoms with Gasteiger partial charge in [-0.1, -0.05) is 23.2 Å². The number of anilines is 1. The number of imidazole rings is 1. The SMILES string of the molecule is CC(C)N(CCCCc1nc2cc(Cl)c(Cl)cc2[nH]1)C[C@H]1C[C@@H](n2ccc3c(NC4CC4)ncnc32)[C@@H](O)[C@H]1O. The second-order valence-corrected chi connectivity index (χ2v) is 12.5. The number of nitrogens with one attached hydrogen (secondary N) is 2. The second-order valence-electron chi connectivity index (χ2n) is 11.7. The van der Waals surface area contributed by atoms with Gasteiger partial charge in [0.05, 0.1) is 38.6 Å². The first-order chi connectivity index (χ1) is 19.3. The number of unbranched alkanes of at least 4 members (excludes halogenated alkanes) is 1. The molecule has 0 spiro atoms. The van der Waals surface area contributed by atoms with Crippen LogP contribution in [0.1, 0.15) is 57.8 Å². The highest BCUT2D eigenvalue weighted by Crippen LogP contribution is 2.39. The van der Waals surface area contributed by atoms with Crippen LogP contribution in [0.4, 0.5) is 5.82 Å². The molecular formula is C29H37Cl2N7O2. The van der Waals surface area contributed by atoms with Crippen LogP contribution in [0.2, 0.25) is 10.0 Å². The molecule has 4 atom stereocenters. The van der Waals surface area contributed by atoms with Crippen molar-refractivity contribution in [1.82, 2.24) is 29.4 Å². The fraction of sp³-hybridized carbons (Fsp3) is 0.552. The van der Waals surface area contributed by atoms with Crippen molar-refractivity contribution in [3.63, 3.8) is 0 Å². The second kappa shape index (κ2) is 11.4. The average Bonchev–Trinajstić information content (AvgIpc) is 3.39. The maximum absolute atomic E-state index is 11.1. The summed E-state index contributed by atoms with van der Waals surface area (Å²) in [5, 5.41) is 27.6. The van der Waals surface area contributed by atoms with Crippen LogP contribution >= 0.6 is 23.2 Å². The number of aliphatic hydroxyl groups is 2. The molecule has 2 saturated carbocycles. The number of nitrogens with zero attached hydrogens (tertiary/aromatic N) is 5. The number of rotatable bonds is 11. The van der Waals surface area contributed by atoms with Crippen molar-refractivity contribution < 1.29 is 10.2 Å². The van der Waals surface area contributed by atoms with Gasteiger partial charge in [0.1, 0.15) is 29.7 Å². The molecule has 0 unspecified atom stereocenters. The zero-order valence-electron chi connectivity index (χ0n) is 22.9. The van der Waals surface area contributed by atoms with E-state index in [0.29, 0.717) is 28.5 Å². The highest BCUT2D eigenvalue weighted by molar-refractivity contribution is 6.42. The Bertz CT molecular complexity index is 1450. The number of aliphatic hydroxyl groups excluding tert-OH is 2. The van der Waals surface area contributed by atoms with Gasteiger partial charge in [-0.2, -0.15) is 0 Å². The minimum Gasteiger partial charge on any atom is -0.390 e. The Hall–Kier alpha value is -2.43. The first-order valence-corrected chi connectivity index (χ1v) is 15.1. The number of hydrogen-bond donors (Lipinski definition) is 4. The van der Waals surface area contributed by atoms with Gasteiger partial charge in [-0.3, -0.25) is 0 Å². The molecule has 11 heteroatoms. The molecule has 3 aromatic heterocycles. The summed E-state index contributed by atoms with van der Waals surface area (Å²) in [6, 6.07) is 6.21. The first-order valence-electron chi connectivity index (χ1n) is 14.3. The standard InChI is InChI=1S/C29H37Cl2N7O2/c1-16(2)37(9-4-3-5-25-35-22-12-20(30)21(31)13-23(22)36-25)14-17-11-24(27(40)26(17)39)38-10-8-19-28(34-18-6-7-18)32-15-33-29(19)38/h8,10,12-13,15-18,24,26-27,39-40H,3-7,9,11,14H2,1-2H3,(H,35,36)(H,32,33,34)/t17-,24-,26+,27-/m1/s1. The third-order valence-corrected chi connectivity index (χ3v) is 9.16. The van der Waals surface area contributed by atoms with E-state index in [-0.39, 0.29) is 12.0 Å². The summed E-state index contributed by atoms with van der Waals surface area (Å²) in [4.78, 5) is 19.4. The zero-order chi connectivity index (χ0) is 28.0. The summed E-state index contributed by atoms with van der Waals surface area (Å²) >= 11 is 12.3. The van der Waals surface area contributed by atoms with E-state index in [2.05, 4.69) is 44.0 Å². The molecule has 0 aliphatic heterocycles. The Morgan fingerprint density at radius 1 is 1.12 bits per heavy atom. The largest absolute Gasteiger partial charge is 0.390 e. The van der Waals surface area contributed by atoms with Crippen LogP contribution < -0.4 is 5.32 Å². The Balaban J connectivity index is 1.07. The van der Waals surface area contributed by atoms with Gasteiger partial charge in [-0.25, -0.2) is 15.0 Å². The molecule has 9 nitrogen and oxygen atoms in total. The van der Waals surface area contributed by atoms with Crippen molar-refractivity contribution in [2.45, 2.75) is 82.7 Å². The maximum atomic E-state index is 11.1. The van der Waals surface area contributed by atoms with E-state index in [4.69, 9.17) is 23.2 Å². The number of fused-ring (bicyclic) bond motifs is 2. The monoisotopic (exact) mass is 585 g/mol. The van der Waals surface area contributed by atoms with Crippen molar-refractivity contribution in [2.75, 3.05) is 18.4 Å². The smallest absolute Gasteiger partial charge is 0.145 e. The van der Waals surface area contributed by atoms with E-state index in [0.717, 1.165) is 78.9 Å². The molecule has 0 bridgehead atoms. The molecule has 214 valence electrons. The summed E-state index contributed by atoms with van der Waals surface area (Å²) in [7, 11) is 0. The summed E-state index contributed by atoms with van der Waals surface area (Å²) < 4.78 is 2.02. The van der Waals surface area contributed by atoms with Crippen LogP contribution in [0.5, 0.6) is 0 Å². The van der Waals surface area contributed by atoms with Gasteiger partial charge in [0, 0.05) is 37.2 Å². The minimum atomic E-state index is -0.848. The third-order valence-electron chi connectivity index (χ3n) is 8.44. The number of aromatic amines is 1. The molecule has 0 radical (unpaired) electrons. The van der Waals surface area contributed by atoms with Crippen molar-refractivity contribution >= 4 is 51.1 Å². The number of aryl methyl sites for hydroxylation is 1. The lowest BCUT2D eigenvalue weighted by atomic mass is 10.0. The Kier molecular flexibility index (Phi) is 7.94. The minimum absolute atomic E-state index is 0.0318. The van der Waals surface area contributed by atoms with Gasteiger partial charge in [-0.05, 0) is 70.7 Å². The number of H-pyrrole nitrogens is 1. The van der Waals surface area contributed by atoms with E-state index in [1.807, 2.05) is 22.9 Å². The fourth-order valence-corrected chi connectivity index (χ4v) is 6.30. The van der Waals surface area contributed by atoms with Crippen LogP contribution in [-0.2, 0) is 6.42 Å². The Labute approximate surface area is 243 Å². The summed E-state index contributed by atoms with van der Waals surface area (Å²) in [6.07, 6.45) is 7.75. The van der Waals surface area contributed by atoms with Gasteiger partial charge in [0.25, 0.3) is 0 Å². The lowest BCUT2D eigenvalue weighted by molar-refractivity contribution is -0.00171. The van der Waals surface area contributed by atoms with Crippen molar-refractivity contribution in [1.29, 1.82) is 0 Å². The number of benzene rings is 1. The lowest BCUT2D eigenvalue weighted by Gasteiger charge is -2.30.